The summed E-state index contributed by atoms with van der Waals surface area (Å²) in [4.78, 5) is 20.9. The largest absolute Gasteiger partial charge is 0.354 e. The molecule has 0 bridgehead atoms. The molecule has 3 rings (SSSR count). The van der Waals surface area contributed by atoms with Gasteiger partial charge in [-0.3, -0.25) is 4.79 Å². The molecule has 21 heavy (non-hydrogen) atoms. The van der Waals surface area contributed by atoms with E-state index in [1.165, 1.54) is 0 Å². The second kappa shape index (κ2) is 5.64. The SMILES string of the molecule is CC(=O)N1C[C@H](C)Cc2nc(N3CCNC(C)C3)ccc21. The number of nitrogens with one attached hydrogen (secondary N) is 1. The minimum atomic E-state index is 0.105. The third kappa shape index (κ3) is 2.88. The van der Waals surface area contributed by atoms with Crippen LogP contribution in [0, 0.1) is 5.92 Å². The Morgan fingerprint density at radius 3 is 2.86 bits per heavy atom. The highest BCUT2D eigenvalue weighted by Crippen LogP contribution is 2.30. The van der Waals surface area contributed by atoms with Gasteiger partial charge in [0.1, 0.15) is 5.82 Å². The summed E-state index contributed by atoms with van der Waals surface area (Å²) < 4.78 is 0. The molecule has 0 radical (unpaired) electrons. The van der Waals surface area contributed by atoms with Crippen molar-refractivity contribution >= 4 is 17.4 Å². The van der Waals surface area contributed by atoms with Gasteiger partial charge in [-0.25, -0.2) is 4.98 Å². The van der Waals surface area contributed by atoms with Crippen molar-refractivity contribution in [1.29, 1.82) is 0 Å². The van der Waals surface area contributed by atoms with Crippen LogP contribution < -0.4 is 15.1 Å². The van der Waals surface area contributed by atoms with Crippen LogP contribution in [0.5, 0.6) is 0 Å². The smallest absolute Gasteiger partial charge is 0.223 e. The molecular formula is C16H24N4O. The van der Waals surface area contributed by atoms with Crippen LogP contribution in [0.1, 0.15) is 26.5 Å². The summed E-state index contributed by atoms with van der Waals surface area (Å²) in [6.07, 6.45) is 0.953. The molecule has 0 aromatic carbocycles. The van der Waals surface area contributed by atoms with Gasteiger partial charge >= 0.3 is 0 Å². The molecule has 1 saturated heterocycles. The molecule has 2 aliphatic heterocycles. The van der Waals surface area contributed by atoms with Crippen LogP contribution in [0.2, 0.25) is 0 Å². The van der Waals surface area contributed by atoms with E-state index < -0.39 is 0 Å². The number of aromatic nitrogens is 1. The maximum absolute atomic E-state index is 11.8. The molecule has 0 saturated carbocycles. The van der Waals surface area contributed by atoms with Crippen LogP contribution >= 0.6 is 0 Å². The molecule has 1 aromatic heterocycles. The van der Waals surface area contributed by atoms with E-state index in [2.05, 4.69) is 36.2 Å². The Morgan fingerprint density at radius 1 is 1.33 bits per heavy atom. The minimum Gasteiger partial charge on any atom is -0.354 e. The number of amides is 1. The molecule has 5 heteroatoms. The number of hydrogen-bond acceptors (Lipinski definition) is 4. The highest BCUT2D eigenvalue weighted by Gasteiger charge is 2.26. The van der Waals surface area contributed by atoms with E-state index in [1.807, 2.05) is 4.90 Å². The highest BCUT2D eigenvalue weighted by atomic mass is 16.2. The monoisotopic (exact) mass is 288 g/mol. The summed E-state index contributed by atoms with van der Waals surface area (Å²) >= 11 is 0. The van der Waals surface area contributed by atoms with Crippen LogP contribution in [-0.2, 0) is 11.2 Å². The van der Waals surface area contributed by atoms with Crippen LogP contribution in [0.15, 0.2) is 12.1 Å². The molecule has 3 heterocycles. The van der Waals surface area contributed by atoms with Crippen molar-refractivity contribution in [3.63, 3.8) is 0 Å². The Morgan fingerprint density at radius 2 is 2.14 bits per heavy atom. The van der Waals surface area contributed by atoms with Crippen LogP contribution in [0.3, 0.4) is 0 Å². The lowest BCUT2D eigenvalue weighted by Crippen LogP contribution is -2.49. The molecule has 1 unspecified atom stereocenters. The van der Waals surface area contributed by atoms with Gasteiger partial charge in [0.25, 0.3) is 0 Å². The van der Waals surface area contributed by atoms with Gasteiger partial charge in [-0.2, -0.15) is 0 Å². The number of anilines is 2. The van der Waals surface area contributed by atoms with E-state index in [-0.39, 0.29) is 5.91 Å². The van der Waals surface area contributed by atoms with Crippen molar-refractivity contribution in [3.05, 3.63) is 17.8 Å². The summed E-state index contributed by atoms with van der Waals surface area (Å²) in [5.41, 5.74) is 2.06. The van der Waals surface area contributed by atoms with Gasteiger partial charge in [0, 0.05) is 39.1 Å². The average molecular weight is 288 g/mol. The Labute approximate surface area is 126 Å². The van der Waals surface area contributed by atoms with E-state index in [4.69, 9.17) is 4.98 Å². The van der Waals surface area contributed by atoms with E-state index in [0.29, 0.717) is 12.0 Å². The number of carbonyl (C=O) groups excluding carboxylic acids is 1. The van der Waals surface area contributed by atoms with Gasteiger partial charge in [0.15, 0.2) is 0 Å². The summed E-state index contributed by atoms with van der Waals surface area (Å²) in [5.74, 6) is 1.61. The molecule has 1 fully saturated rings. The summed E-state index contributed by atoms with van der Waals surface area (Å²) in [7, 11) is 0. The van der Waals surface area contributed by atoms with Gasteiger partial charge in [-0.1, -0.05) is 6.92 Å². The number of pyridine rings is 1. The lowest BCUT2D eigenvalue weighted by molar-refractivity contribution is -0.116. The zero-order valence-electron chi connectivity index (χ0n) is 13.1. The van der Waals surface area contributed by atoms with E-state index in [1.54, 1.807) is 6.92 Å². The number of nitrogens with zero attached hydrogens (tertiary/aromatic N) is 3. The molecule has 1 amide bonds. The lowest BCUT2D eigenvalue weighted by atomic mass is 9.98. The highest BCUT2D eigenvalue weighted by molar-refractivity contribution is 5.92. The third-order valence-electron chi connectivity index (χ3n) is 4.34. The van der Waals surface area contributed by atoms with Crippen molar-refractivity contribution in [2.75, 3.05) is 36.0 Å². The second-order valence-electron chi connectivity index (χ2n) is 6.38. The summed E-state index contributed by atoms with van der Waals surface area (Å²) in [6, 6.07) is 4.62. The molecule has 5 nitrogen and oxygen atoms in total. The standard InChI is InChI=1S/C16H24N4O/c1-11-8-14-15(20(9-11)13(3)21)4-5-16(18-14)19-7-6-17-12(2)10-19/h4-5,11-12,17H,6-10H2,1-3H3/t11-,12?/m1/s1. The summed E-state index contributed by atoms with van der Waals surface area (Å²) in [6.45, 7) is 9.78. The molecule has 0 spiro atoms. The number of rotatable bonds is 1. The van der Waals surface area contributed by atoms with E-state index in [9.17, 15) is 4.79 Å². The first-order chi connectivity index (χ1) is 10.0. The van der Waals surface area contributed by atoms with Crippen molar-refractivity contribution in [3.8, 4) is 0 Å². The normalized spacial score (nSPS) is 25.7. The minimum absolute atomic E-state index is 0.105. The fraction of sp³-hybridized carbons (Fsp3) is 0.625. The first-order valence-corrected chi connectivity index (χ1v) is 7.81. The summed E-state index contributed by atoms with van der Waals surface area (Å²) in [5, 5.41) is 3.45. The van der Waals surface area contributed by atoms with E-state index in [0.717, 1.165) is 49.8 Å². The molecule has 2 atom stereocenters. The van der Waals surface area contributed by atoms with Gasteiger partial charge in [-0.15, -0.1) is 0 Å². The number of fused-ring (bicyclic) bond motifs is 1. The molecule has 0 aliphatic carbocycles. The van der Waals surface area contributed by atoms with Crippen LogP contribution in [0.25, 0.3) is 0 Å². The lowest BCUT2D eigenvalue weighted by Gasteiger charge is -2.35. The van der Waals surface area contributed by atoms with Crippen LogP contribution in [0.4, 0.5) is 11.5 Å². The zero-order valence-corrected chi connectivity index (χ0v) is 13.1. The molecular weight excluding hydrogens is 264 g/mol. The maximum atomic E-state index is 11.8. The number of piperazine rings is 1. The van der Waals surface area contributed by atoms with Crippen molar-refractivity contribution in [1.82, 2.24) is 10.3 Å². The second-order valence-corrected chi connectivity index (χ2v) is 6.38. The number of carbonyl (C=O) groups is 1. The Balaban J connectivity index is 1.90. The average Bonchev–Trinajstić information content (AvgIpc) is 2.45. The van der Waals surface area contributed by atoms with Crippen molar-refractivity contribution < 1.29 is 4.79 Å². The quantitative estimate of drug-likeness (QED) is 0.849. The molecule has 2 aliphatic rings. The zero-order chi connectivity index (χ0) is 15.0. The predicted octanol–water partition coefficient (Wildman–Crippen LogP) is 1.42. The van der Waals surface area contributed by atoms with Gasteiger partial charge in [0.05, 0.1) is 11.4 Å². The van der Waals surface area contributed by atoms with E-state index >= 15 is 0 Å². The van der Waals surface area contributed by atoms with Gasteiger partial charge in [-0.05, 0) is 31.4 Å². The molecule has 1 aromatic rings. The third-order valence-corrected chi connectivity index (χ3v) is 4.34. The van der Waals surface area contributed by atoms with Crippen LogP contribution in [-0.4, -0.2) is 43.1 Å². The predicted molar refractivity (Wildman–Crippen MR) is 84.8 cm³/mol. The first kappa shape index (κ1) is 14.3. The van der Waals surface area contributed by atoms with Crippen molar-refractivity contribution in [2.24, 2.45) is 5.92 Å². The number of hydrogen-bond donors (Lipinski definition) is 1. The molecule has 114 valence electrons. The topological polar surface area (TPSA) is 48.5 Å². The van der Waals surface area contributed by atoms with Gasteiger partial charge in [0.2, 0.25) is 5.91 Å². The fourth-order valence-electron chi connectivity index (χ4n) is 3.30. The van der Waals surface area contributed by atoms with Gasteiger partial charge < -0.3 is 15.1 Å². The molecule has 1 N–H and O–H groups in total. The Kier molecular flexibility index (Phi) is 3.85. The first-order valence-electron chi connectivity index (χ1n) is 7.81. The maximum Gasteiger partial charge on any atom is 0.223 e. The Bertz CT molecular complexity index is 545. The van der Waals surface area contributed by atoms with Crippen molar-refractivity contribution in [2.45, 2.75) is 33.2 Å². The fourth-order valence-corrected chi connectivity index (χ4v) is 3.30. The Hall–Kier alpha value is -1.62.